The zero-order valence-corrected chi connectivity index (χ0v) is 12.4. The van der Waals surface area contributed by atoms with Gasteiger partial charge in [0, 0.05) is 12.1 Å². The number of hydrogen-bond donors (Lipinski definition) is 1. The van der Waals surface area contributed by atoms with Crippen LogP contribution >= 0.6 is 12.6 Å². The first-order valence-electron chi connectivity index (χ1n) is 7.19. The number of rotatable bonds is 3. The topological polar surface area (TPSA) is 37.4 Å². The van der Waals surface area contributed by atoms with Crippen molar-refractivity contribution >= 4 is 24.4 Å². The van der Waals surface area contributed by atoms with Gasteiger partial charge < -0.3 is 0 Å². The fraction of sp³-hybridized carbons (Fsp3) is 0.500. The summed E-state index contributed by atoms with van der Waals surface area (Å²) in [7, 11) is 0. The molecule has 0 spiro atoms. The first-order chi connectivity index (χ1) is 9.65. The molecule has 2 amide bonds. The van der Waals surface area contributed by atoms with E-state index in [0.29, 0.717) is 18.5 Å². The second kappa shape index (κ2) is 5.24. The van der Waals surface area contributed by atoms with Crippen molar-refractivity contribution in [3.63, 3.8) is 0 Å². The van der Waals surface area contributed by atoms with E-state index < -0.39 is 0 Å². The number of nitrogens with zero attached hydrogens (tertiary/aromatic N) is 1. The summed E-state index contributed by atoms with van der Waals surface area (Å²) in [6.45, 7) is 0.530. The predicted molar refractivity (Wildman–Crippen MR) is 80.9 cm³/mol. The van der Waals surface area contributed by atoms with E-state index in [0.717, 1.165) is 24.2 Å². The van der Waals surface area contributed by atoms with E-state index in [-0.39, 0.29) is 17.2 Å². The molecule has 3 nitrogen and oxygen atoms in total. The van der Waals surface area contributed by atoms with Crippen LogP contribution in [0.4, 0.5) is 0 Å². The molecule has 1 aliphatic carbocycles. The van der Waals surface area contributed by atoms with Gasteiger partial charge in [0.2, 0.25) is 5.91 Å². The van der Waals surface area contributed by atoms with Crippen LogP contribution in [0, 0.1) is 5.41 Å². The molecule has 1 saturated carbocycles. The van der Waals surface area contributed by atoms with Crippen LogP contribution in [0.5, 0.6) is 0 Å². The molecule has 0 bridgehead atoms. The molecule has 0 aromatic heterocycles. The van der Waals surface area contributed by atoms with Crippen molar-refractivity contribution < 1.29 is 9.59 Å². The van der Waals surface area contributed by atoms with Gasteiger partial charge >= 0.3 is 0 Å². The van der Waals surface area contributed by atoms with Crippen LogP contribution in [-0.2, 0) is 11.2 Å². The van der Waals surface area contributed by atoms with Gasteiger partial charge in [0.15, 0.2) is 0 Å². The van der Waals surface area contributed by atoms with E-state index in [1.165, 1.54) is 17.7 Å². The van der Waals surface area contributed by atoms with Crippen LogP contribution in [0.2, 0.25) is 0 Å². The Balaban J connectivity index is 1.87. The Morgan fingerprint density at radius 1 is 1.15 bits per heavy atom. The summed E-state index contributed by atoms with van der Waals surface area (Å²) in [6.07, 6.45) is 4.82. The lowest BCUT2D eigenvalue weighted by molar-refractivity contribution is -0.129. The van der Waals surface area contributed by atoms with Gasteiger partial charge in [-0.25, -0.2) is 0 Å². The fourth-order valence-electron chi connectivity index (χ4n) is 3.39. The van der Waals surface area contributed by atoms with Gasteiger partial charge in [0.05, 0.1) is 6.42 Å². The predicted octanol–water partition coefficient (Wildman–Crippen LogP) is 2.70. The van der Waals surface area contributed by atoms with E-state index in [1.54, 1.807) is 0 Å². The van der Waals surface area contributed by atoms with Crippen molar-refractivity contribution in [2.75, 3.05) is 12.3 Å². The Morgan fingerprint density at radius 2 is 1.85 bits per heavy atom. The summed E-state index contributed by atoms with van der Waals surface area (Å²) in [5.41, 5.74) is 1.56. The molecule has 0 N–H and O–H groups in total. The molecule has 106 valence electrons. The Morgan fingerprint density at radius 3 is 2.55 bits per heavy atom. The first kappa shape index (κ1) is 13.7. The van der Waals surface area contributed by atoms with Gasteiger partial charge in [-0.3, -0.25) is 14.5 Å². The molecule has 1 heterocycles. The zero-order chi connectivity index (χ0) is 14.2. The van der Waals surface area contributed by atoms with Crippen molar-refractivity contribution in [2.24, 2.45) is 5.41 Å². The summed E-state index contributed by atoms with van der Waals surface area (Å²) in [6, 6.07) is 7.42. The SMILES string of the molecule is O=C1Cc2ccccc2C(=O)N1CC1(CS)CCCC1. The van der Waals surface area contributed by atoms with Gasteiger partial charge in [-0.2, -0.15) is 12.6 Å². The number of amides is 2. The van der Waals surface area contributed by atoms with Crippen LogP contribution in [-0.4, -0.2) is 29.0 Å². The maximum absolute atomic E-state index is 12.6. The van der Waals surface area contributed by atoms with Crippen molar-refractivity contribution in [3.8, 4) is 0 Å². The van der Waals surface area contributed by atoms with Crippen LogP contribution in [0.25, 0.3) is 0 Å². The number of benzene rings is 1. The summed E-state index contributed by atoms with van der Waals surface area (Å²) in [4.78, 5) is 26.3. The Kier molecular flexibility index (Phi) is 3.59. The summed E-state index contributed by atoms with van der Waals surface area (Å²) in [5.74, 6) is 0.540. The van der Waals surface area contributed by atoms with Gasteiger partial charge in [-0.1, -0.05) is 31.0 Å². The lowest BCUT2D eigenvalue weighted by atomic mass is 9.86. The van der Waals surface area contributed by atoms with Crippen LogP contribution in [0.3, 0.4) is 0 Å². The highest BCUT2D eigenvalue weighted by molar-refractivity contribution is 7.80. The minimum Gasteiger partial charge on any atom is -0.278 e. The fourth-order valence-corrected chi connectivity index (χ4v) is 3.80. The third-order valence-corrected chi connectivity index (χ3v) is 5.30. The van der Waals surface area contributed by atoms with Gasteiger partial charge in [0.25, 0.3) is 5.91 Å². The average Bonchev–Trinajstić information content (AvgIpc) is 2.93. The third kappa shape index (κ3) is 2.26. The standard InChI is InChI=1S/C16H19NO2S/c18-14-9-12-5-1-2-6-13(12)15(19)17(14)10-16(11-20)7-3-4-8-16/h1-2,5-6,20H,3-4,7-11H2. The molecule has 1 aromatic carbocycles. The lowest BCUT2D eigenvalue weighted by Crippen LogP contribution is -2.48. The number of hydrogen-bond acceptors (Lipinski definition) is 3. The monoisotopic (exact) mass is 289 g/mol. The van der Waals surface area contributed by atoms with E-state index in [9.17, 15) is 9.59 Å². The van der Waals surface area contributed by atoms with Crippen molar-refractivity contribution in [1.29, 1.82) is 0 Å². The van der Waals surface area contributed by atoms with Crippen LogP contribution in [0.15, 0.2) is 24.3 Å². The summed E-state index contributed by atoms with van der Waals surface area (Å²) in [5, 5.41) is 0. The molecule has 20 heavy (non-hydrogen) atoms. The van der Waals surface area contributed by atoms with Crippen LogP contribution in [0.1, 0.15) is 41.6 Å². The molecule has 0 saturated heterocycles. The van der Waals surface area contributed by atoms with E-state index in [4.69, 9.17) is 0 Å². The minimum absolute atomic E-state index is 0.0285. The highest BCUT2D eigenvalue weighted by Gasteiger charge is 2.39. The second-order valence-electron chi connectivity index (χ2n) is 5.98. The number of carbonyl (C=O) groups excluding carboxylic acids is 2. The molecular formula is C16H19NO2S. The molecule has 0 radical (unpaired) electrons. The molecule has 2 aliphatic rings. The first-order valence-corrected chi connectivity index (χ1v) is 7.82. The Bertz CT molecular complexity index is 549. The number of carbonyl (C=O) groups is 2. The smallest absolute Gasteiger partial charge is 0.260 e. The molecule has 1 aliphatic heterocycles. The highest BCUT2D eigenvalue weighted by Crippen LogP contribution is 2.40. The quantitative estimate of drug-likeness (QED) is 0.686. The van der Waals surface area contributed by atoms with Gasteiger partial charge in [-0.15, -0.1) is 0 Å². The number of thiol groups is 1. The van der Waals surface area contributed by atoms with E-state index in [2.05, 4.69) is 12.6 Å². The average molecular weight is 289 g/mol. The summed E-state index contributed by atoms with van der Waals surface area (Å²) >= 11 is 4.47. The van der Waals surface area contributed by atoms with Crippen molar-refractivity contribution in [1.82, 2.24) is 4.90 Å². The number of fused-ring (bicyclic) bond motifs is 1. The molecule has 4 heteroatoms. The lowest BCUT2D eigenvalue weighted by Gasteiger charge is -2.35. The van der Waals surface area contributed by atoms with E-state index in [1.807, 2.05) is 24.3 Å². The third-order valence-electron chi connectivity index (χ3n) is 4.63. The Labute approximate surface area is 124 Å². The normalized spacial score (nSPS) is 21.1. The van der Waals surface area contributed by atoms with Gasteiger partial charge in [0.1, 0.15) is 0 Å². The molecular weight excluding hydrogens is 270 g/mol. The maximum Gasteiger partial charge on any atom is 0.260 e. The zero-order valence-electron chi connectivity index (χ0n) is 11.5. The number of imide groups is 1. The Hall–Kier alpha value is -1.29. The minimum atomic E-state index is -0.134. The van der Waals surface area contributed by atoms with Crippen LogP contribution < -0.4 is 0 Å². The molecule has 1 fully saturated rings. The molecule has 1 aromatic rings. The van der Waals surface area contributed by atoms with Crippen molar-refractivity contribution in [3.05, 3.63) is 35.4 Å². The van der Waals surface area contributed by atoms with Gasteiger partial charge in [-0.05, 0) is 35.6 Å². The molecule has 0 atom stereocenters. The molecule has 0 unspecified atom stereocenters. The largest absolute Gasteiger partial charge is 0.278 e. The second-order valence-corrected chi connectivity index (χ2v) is 6.30. The summed E-state index contributed by atoms with van der Waals surface area (Å²) < 4.78 is 0. The highest BCUT2D eigenvalue weighted by atomic mass is 32.1. The molecule has 3 rings (SSSR count). The van der Waals surface area contributed by atoms with E-state index >= 15 is 0 Å². The maximum atomic E-state index is 12.6. The van der Waals surface area contributed by atoms with Crippen molar-refractivity contribution in [2.45, 2.75) is 32.1 Å².